The molecule has 1 aromatic heterocycles. The summed E-state index contributed by atoms with van der Waals surface area (Å²) in [7, 11) is 0. The molecule has 2 rings (SSSR count). The maximum Gasteiger partial charge on any atom is 0.306 e. The van der Waals surface area contributed by atoms with E-state index in [4.69, 9.17) is 15.2 Å². The molecule has 1 saturated heterocycles. The number of pyridine rings is 1. The number of esters is 1. The monoisotopic (exact) mass is 350 g/mol. The first kappa shape index (κ1) is 19.7. The molecule has 1 aliphatic rings. The summed E-state index contributed by atoms with van der Waals surface area (Å²) in [6.07, 6.45) is 2.59. The molecule has 0 aromatic carbocycles. The van der Waals surface area contributed by atoms with Crippen molar-refractivity contribution >= 4 is 11.7 Å². The van der Waals surface area contributed by atoms with Crippen molar-refractivity contribution in [3.8, 4) is 0 Å². The molecule has 1 aromatic rings. The fourth-order valence-corrected chi connectivity index (χ4v) is 3.27. The van der Waals surface area contributed by atoms with Crippen LogP contribution in [-0.4, -0.2) is 33.9 Å². The van der Waals surface area contributed by atoms with Crippen LogP contribution in [0.25, 0.3) is 0 Å². The van der Waals surface area contributed by atoms with Gasteiger partial charge in [-0.3, -0.25) is 9.78 Å². The number of hydrogen-bond acceptors (Lipinski definition) is 6. The second kappa shape index (κ2) is 7.70. The van der Waals surface area contributed by atoms with Crippen molar-refractivity contribution in [1.29, 1.82) is 0 Å². The smallest absolute Gasteiger partial charge is 0.306 e. The van der Waals surface area contributed by atoms with E-state index in [0.717, 1.165) is 5.56 Å². The average molecular weight is 350 g/mol. The van der Waals surface area contributed by atoms with Crippen LogP contribution >= 0.6 is 0 Å². The summed E-state index contributed by atoms with van der Waals surface area (Å²) in [4.78, 5) is 16.3. The molecule has 140 valence electrons. The number of carbonyl (C=O) groups is 1. The molecular weight excluding hydrogens is 320 g/mol. The first-order valence-electron chi connectivity index (χ1n) is 8.83. The van der Waals surface area contributed by atoms with E-state index in [1.807, 2.05) is 40.7 Å². The molecule has 6 nitrogen and oxygen atoms in total. The van der Waals surface area contributed by atoms with E-state index < -0.39 is 11.7 Å². The summed E-state index contributed by atoms with van der Waals surface area (Å²) in [5.41, 5.74) is 6.91. The van der Waals surface area contributed by atoms with E-state index in [2.05, 4.69) is 4.98 Å². The minimum absolute atomic E-state index is 0.113. The zero-order valence-electron chi connectivity index (χ0n) is 15.7. The molecule has 25 heavy (non-hydrogen) atoms. The quantitative estimate of drug-likeness (QED) is 0.811. The van der Waals surface area contributed by atoms with Crippen molar-refractivity contribution < 1.29 is 19.4 Å². The zero-order valence-corrected chi connectivity index (χ0v) is 15.7. The van der Waals surface area contributed by atoms with E-state index in [1.165, 1.54) is 0 Å². The van der Waals surface area contributed by atoms with Crippen molar-refractivity contribution in [2.24, 2.45) is 11.8 Å². The van der Waals surface area contributed by atoms with Crippen molar-refractivity contribution in [3.63, 3.8) is 0 Å². The maximum atomic E-state index is 12.3. The average Bonchev–Trinajstić information content (AvgIpc) is 2.47. The van der Waals surface area contributed by atoms with Gasteiger partial charge in [0.2, 0.25) is 0 Å². The van der Waals surface area contributed by atoms with Gasteiger partial charge in [-0.1, -0.05) is 13.8 Å². The molecule has 6 heteroatoms. The molecule has 0 unspecified atom stereocenters. The van der Waals surface area contributed by atoms with Crippen LogP contribution in [0, 0.1) is 11.8 Å². The fraction of sp³-hybridized carbons (Fsp3) is 0.684. The van der Waals surface area contributed by atoms with Crippen molar-refractivity contribution in [3.05, 3.63) is 24.0 Å². The number of nitrogens with two attached hydrogens (primary N) is 1. The number of anilines is 1. The van der Waals surface area contributed by atoms with E-state index in [-0.39, 0.29) is 36.4 Å². The molecule has 0 radical (unpaired) electrons. The van der Waals surface area contributed by atoms with Gasteiger partial charge in [0.15, 0.2) is 0 Å². The maximum absolute atomic E-state index is 12.3. The van der Waals surface area contributed by atoms with Crippen LogP contribution in [0.2, 0.25) is 0 Å². The number of nitrogen functional groups attached to an aromatic ring is 1. The van der Waals surface area contributed by atoms with Gasteiger partial charge in [-0.05, 0) is 39.2 Å². The van der Waals surface area contributed by atoms with Crippen LogP contribution < -0.4 is 5.73 Å². The Balaban J connectivity index is 2.20. The number of aromatic nitrogens is 1. The molecule has 3 N–H and O–H groups in total. The lowest BCUT2D eigenvalue weighted by Gasteiger charge is -2.41. The van der Waals surface area contributed by atoms with Crippen molar-refractivity contribution in [2.75, 3.05) is 5.73 Å². The summed E-state index contributed by atoms with van der Waals surface area (Å²) >= 11 is 0. The van der Waals surface area contributed by atoms with Crippen LogP contribution in [0.4, 0.5) is 5.69 Å². The third-order valence-corrected chi connectivity index (χ3v) is 4.40. The Morgan fingerprint density at radius 2 is 2.16 bits per heavy atom. The Morgan fingerprint density at radius 1 is 1.48 bits per heavy atom. The molecule has 2 heterocycles. The normalized spacial score (nSPS) is 27.3. The Morgan fingerprint density at radius 3 is 2.72 bits per heavy atom. The van der Waals surface area contributed by atoms with Gasteiger partial charge in [0.25, 0.3) is 0 Å². The Hall–Kier alpha value is -1.66. The molecule has 1 fully saturated rings. The summed E-state index contributed by atoms with van der Waals surface area (Å²) in [6.45, 7) is 9.50. The van der Waals surface area contributed by atoms with E-state index >= 15 is 0 Å². The minimum atomic E-state index is -0.716. The first-order valence-corrected chi connectivity index (χ1v) is 8.83. The predicted molar refractivity (Wildman–Crippen MR) is 95.7 cm³/mol. The van der Waals surface area contributed by atoms with Crippen LogP contribution in [0.5, 0.6) is 0 Å². The second-order valence-corrected chi connectivity index (χ2v) is 8.11. The lowest BCUT2D eigenvalue weighted by molar-refractivity contribution is -0.176. The Labute approximate surface area is 149 Å². The number of aliphatic hydroxyl groups excluding tert-OH is 1. The van der Waals surface area contributed by atoms with Crippen molar-refractivity contribution in [2.45, 2.75) is 71.4 Å². The molecule has 0 aliphatic carbocycles. The highest BCUT2D eigenvalue weighted by Gasteiger charge is 2.41. The van der Waals surface area contributed by atoms with Gasteiger partial charge in [0.05, 0.1) is 36.6 Å². The zero-order chi connectivity index (χ0) is 18.8. The molecular formula is C19H30N2O4. The van der Waals surface area contributed by atoms with Crippen LogP contribution in [0.1, 0.15) is 59.1 Å². The first-order chi connectivity index (χ1) is 11.6. The number of rotatable bonds is 4. The SMILES string of the molecule is CC(C)[C@@H]1O[C@H](c2ccncc2N)C[C@H](CC(=O)OC(C)(C)C)[C@H]1O. The molecule has 1 aliphatic heterocycles. The lowest BCUT2D eigenvalue weighted by atomic mass is 9.81. The van der Waals surface area contributed by atoms with Gasteiger partial charge in [-0.15, -0.1) is 0 Å². The summed E-state index contributed by atoms with van der Waals surface area (Å²) < 4.78 is 11.6. The highest BCUT2D eigenvalue weighted by molar-refractivity contribution is 5.70. The molecule has 0 bridgehead atoms. The number of nitrogens with zero attached hydrogens (tertiary/aromatic N) is 1. The van der Waals surface area contributed by atoms with Crippen LogP contribution in [-0.2, 0) is 14.3 Å². The Bertz CT molecular complexity index is 597. The van der Waals surface area contributed by atoms with Crippen LogP contribution in [0.15, 0.2) is 18.5 Å². The van der Waals surface area contributed by atoms with E-state index in [1.54, 1.807) is 12.4 Å². The number of ether oxygens (including phenoxy) is 2. The van der Waals surface area contributed by atoms with E-state index in [0.29, 0.717) is 12.1 Å². The minimum Gasteiger partial charge on any atom is -0.460 e. The lowest BCUT2D eigenvalue weighted by Crippen LogP contribution is -2.46. The van der Waals surface area contributed by atoms with Gasteiger partial charge < -0.3 is 20.3 Å². The molecule has 0 spiro atoms. The number of hydrogen-bond donors (Lipinski definition) is 2. The topological polar surface area (TPSA) is 94.7 Å². The standard InChI is InChI=1S/C19H30N2O4/c1-11(2)18-17(23)12(9-16(22)25-19(3,4)5)8-15(24-18)13-6-7-21-10-14(13)20/h6-7,10-12,15,17-18,23H,8-9,20H2,1-5H3/t12-,15+,17-,18+/m1/s1. The van der Waals surface area contributed by atoms with Gasteiger partial charge in [0.1, 0.15) is 5.60 Å². The van der Waals surface area contributed by atoms with Crippen molar-refractivity contribution in [1.82, 2.24) is 4.98 Å². The fourth-order valence-electron chi connectivity index (χ4n) is 3.27. The summed E-state index contributed by atoms with van der Waals surface area (Å²) in [5.74, 6) is -0.432. The molecule has 0 saturated carbocycles. The molecule has 4 atom stereocenters. The van der Waals surface area contributed by atoms with Gasteiger partial charge >= 0.3 is 5.97 Å². The number of aliphatic hydroxyl groups is 1. The van der Waals surface area contributed by atoms with Gasteiger partial charge in [-0.2, -0.15) is 0 Å². The number of carbonyl (C=O) groups excluding carboxylic acids is 1. The van der Waals surface area contributed by atoms with Crippen LogP contribution in [0.3, 0.4) is 0 Å². The van der Waals surface area contributed by atoms with Gasteiger partial charge in [0, 0.05) is 17.7 Å². The second-order valence-electron chi connectivity index (χ2n) is 8.11. The largest absolute Gasteiger partial charge is 0.460 e. The summed E-state index contributed by atoms with van der Waals surface area (Å²) in [5, 5.41) is 10.7. The molecule has 0 amide bonds. The highest BCUT2D eigenvalue weighted by atomic mass is 16.6. The Kier molecular flexibility index (Phi) is 6.06. The predicted octanol–water partition coefficient (Wildman–Crippen LogP) is 2.86. The highest BCUT2D eigenvalue weighted by Crippen LogP contribution is 2.40. The third kappa shape index (κ3) is 5.16. The van der Waals surface area contributed by atoms with E-state index in [9.17, 15) is 9.90 Å². The third-order valence-electron chi connectivity index (χ3n) is 4.40. The van der Waals surface area contributed by atoms with Gasteiger partial charge in [-0.25, -0.2) is 0 Å². The summed E-state index contributed by atoms with van der Waals surface area (Å²) in [6, 6.07) is 1.83.